The molecule has 0 heterocycles. The highest BCUT2D eigenvalue weighted by molar-refractivity contribution is 5.88. The van der Waals surface area contributed by atoms with Gasteiger partial charge in [-0.15, -0.1) is 0 Å². The van der Waals surface area contributed by atoms with Crippen LogP contribution < -0.4 is 10.6 Å². The molecule has 0 saturated heterocycles. The zero-order valence-corrected chi connectivity index (χ0v) is 14.2. The normalized spacial score (nSPS) is 9.58. The number of nitrogens with one attached hydrogen (secondary N) is 2. The minimum atomic E-state index is -0.115. The van der Waals surface area contributed by atoms with E-state index in [1.807, 2.05) is 12.1 Å². The molecule has 1 amide bonds. The van der Waals surface area contributed by atoms with Crippen LogP contribution in [0.2, 0.25) is 0 Å². The lowest BCUT2D eigenvalue weighted by Gasteiger charge is -2.05. The van der Waals surface area contributed by atoms with Crippen molar-refractivity contribution < 1.29 is 15.0 Å². The zero-order valence-electron chi connectivity index (χ0n) is 14.2. The third kappa shape index (κ3) is 8.68. The third-order valence-corrected chi connectivity index (χ3v) is 3.16. The van der Waals surface area contributed by atoms with Gasteiger partial charge in [-0.05, 0) is 55.0 Å². The molecule has 5 nitrogen and oxygen atoms in total. The van der Waals surface area contributed by atoms with E-state index in [0.717, 1.165) is 12.2 Å². The van der Waals surface area contributed by atoms with E-state index in [1.165, 1.54) is 38.3 Å². The Kier molecular flexibility index (Phi) is 8.82. The summed E-state index contributed by atoms with van der Waals surface area (Å²) in [5, 5.41) is 23.8. The van der Waals surface area contributed by atoms with Crippen LogP contribution >= 0.6 is 0 Å². The van der Waals surface area contributed by atoms with Crippen molar-refractivity contribution in [3.63, 3.8) is 0 Å². The minimum absolute atomic E-state index is 0.115. The van der Waals surface area contributed by atoms with Gasteiger partial charge in [-0.2, -0.15) is 0 Å². The summed E-state index contributed by atoms with van der Waals surface area (Å²) in [7, 11) is 0. The molecule has 0 fully saturated rings. The molecule has 0 saturated carbocycles. The minimum Gasteiger partial charge on any atom is -0.508 e. The van der Waals surface area contributed by atoms with Gasteiger partial charge in [-0.3, -0.25) is 4.79 Å². The van der Waals surface area contributed by atoms with Gasteiger partial charge >= 0.3 is 0 Å². The van der Waals surface area contributed by atoms with Crippen LogP contribution in [0.3, 0.4) is 0 Å². The molecule has 0 aliphatic rings. The molecule has 130 valence electrons. The van der Waals surface area contributed by atoms with E-state index < -0.39 is 0 Å². The highest BCUT2D eigenvalue weighted by Crippen LogP contribution is 2.14. The Hall–Kier alpha value is -2.69. The highest BCUT2D eigenvalue weighted by Gasteiger charge is 1.93. The van der Waals surface area contributed by atoms with E-state index in [-0.39, 0.29) is 11.7 Å². The predicted molar refractivity (Wildman–Crippen MR) is 98.5 cm³/mol. The lowest BCUT2D eigenvalue weighted by Crippen LogP contribution is -2.04. The van der Waals surface area contributed by atoms with Crippen molar-refractivity contribution in [2.75, 3.05) is 17.2 Å². The SMILES string of the molecule is CC(=O)Nc1ccc(O)cc1.CCCCCNc1ccc(O)cc1. The Labute approximate surface area is 143 Å². The standard InChI is InChI=1S/C11H17NO.C8H9NO2/c1-2-3-4-9-12-10-5-7-11(13)8-6-10;1-6(10)9-7-2-4-8(11)5-3-7/h5-8,12-13H,2-4,9H2,1H3;2-5,11H,1H3,(H,9,10). The van der Waals surface area contributed by atoms with Crippen molar-refractivity contribution in [1.29, 1.82) is 0 Å². The molecule has 2 aromatic rings. The van der Waals surface area contributed by atoms with Crippen LogP contribution in [0, 0.1) is 0 Å². The maximum Gasteiger partial charge on any atom is 0.221 e. The molecule has 2 rings (SSSR count). The van der Waals surface area contributed by atoms with Gasteiger partial charge in [0, 0.05) is 24.8 Å². The van der Waals surface area contributed by atoms with Crippen LogP contribution in [0.25, 0.3) is 0 Å². The number of carbonyl (C=O) groups is 1. The molecule has 0 spiro atoms. The number of hydrogen-bond donors (Lipinski definition) is 4. The molecule has 24 heavy (non-hydrogen) atoms. The Morgan fingerprint density at radius 1 is 0.875 bits per heavy atom. The molecule has 0 aromatic heterocycles. The first-order valence-corrected chi connectivity index (χ1v) is 8.10. The molecule has 2 aromatic carbocycles. The van der Waals surface area contributed by atoms with E-state index in [0.29, 0.717) is 11.4 Å². The maximum atomic E-state index is 10.5. The molecular formula is C19H26N2O3. The van der Waals surface area contributed by atoms with Gasteiger partial charge in [0.1, 0.15) is 11.5 Å². The summed E-state index contributed by atoms with van der Waals surface area (Å²) in [5.41, 5.74) is 1.77. The van der Waals surface area contributed by atoms with Crippen LogP contribution in [-0.2, 0) is 4.79 Å². The second-order valence-electron chi connectivity index (χ2n) is 5.41. The number of amides is 1. The summed E-state index contributed by atoms with van der Waals surface area (Å²) in [4.78, 5) is 10.5. The van der Waals surface area contributed by atoms with Crippen LogP contribution in [0.1, 0.15) is 33.1 Å². The van der Waals surface area contributed by atoms with Gasteiger partial charge in [0.25, 0.3) is 0 Å². The Bertz CT molecular complexity index is 595. The summed E-state index contributed by atoms with van der Waals surface area (Å²) < 4.78 is 0. The smallest absolute Gasteiger partial charge is 0.221 e. The van der Waals surface area contributed by atoms with Crippen LogP contribution in [0.15, 0.2) is 48.5 Å². The molecule has 5 heteroatoms. The van der Waals surface area contributed by atoms with Crippen LogP contribution in [0.4, 0.5) is 11.4 Å². The van der Waals surface area contributed by atoms with Crippen molar-refractivity contribution in [1.82, 2.24) is 0 Å². The first kappa shape index (κ1) is 19.4. The fraction of sp³-hybridized carbons (Fsp3) is 0.316. The van der Waals surface area contributed by atoms with Crippen LogP contribution in [0.5, 0.6) is 11.5 Å². The van der Waals surface area contributed by atoms with Gasteiger partial charge in [-0.1, -0.05) is 19.8 Å². The molecule has 0 radical (unpaired) electrons. The summed E-state index contributed by atoms with van der Waals surface area (Å²) in [5.74, 6) is 0.397. The van der Waals surface area contributed by atoms with Crippen molar-refractivity contribution >= 4 is 17.3 Å². The number of phenolic OH excluding ortho intramolecular Hbond substituents is 2. The molecule has 0 bridgehead atoms. The topological polar surface area (TPSA) is 81.6 Å². The van der Waals surface area contributed by atoms with Gasteiger partial charge in [0.15, 0.2) is 0 Å². The molecule has 0 aliphatic carbocycles. The number of hydrogen-bond acceptors (Lipinski definition) is 4. The van der Waals surface area contributed by atoms with Crippen LogP contribution in [-0.4, -0.2) is 22.7 Å². The third-order valence-electron chi connectivity index (χ3n) is 3.16. The highest BCUT2D eigenvalue weighted by atomic mass is 16.3. The van der Waals surface area contributed by atoms with E-state index in [2.05, 4.69) is 17.6 Å². The Balaban J connectivity index is 0.000000243. The molecule has 0 aliphatic heterocycles. The zero-order chi connectivity index (χ0) is 17.8. The summed E-state index contributed by atoms with van der Waals surface area (Å²) >= 11 is 0. The van der Waals surface area contributed by atoms with Crippen molar-refractivity contribution in [2.45, 2.75) is 33.1 Å². The fourth-order valence-corrected chi connectivity index (χ4v) is 1.94. The molecule has 4 N–H and O–H groups in total. The number of carbonyl (C=O) groups excluding carboxylic acids is 1. The van der Waals surface area contributed by atoms with Gasteiger partial charge in [0.2, 0.25) is 5.91 Å². The summed E-state index contributed by atoms with van der Waals surface area (Å²) in [6.07, 6.45) is 3.72. The molecule has 0 unspecified atom stereocenters. The summed E-state index contributed by atoms with van der Waals surface area (Å²) in [6, 6.07) is 13.5. The second-order valence-corrected chi connectivity index (χ2v) is 5.41. The lowest BCUT2D eigenvalue weighted by atomic mass is 10.2. The van der Waals surface area contributed by atoms with Crippen molar-refractivity contribution in [3.8, 4) is 11.5 Å². The Morgan fingerprint density at radius 2 is 1.38 bits per heavy atom. The predicted octanol–water partition coefficient (Wildman–Crippen LogP) is 4.34. The van der Waals surface area contributed by atoms with E-state index >= 15 is 0 Å². The number of phenols is 2. The average Bonchev–Trinajstić information content (AvgIpc) is 2.56. The van der Waals surface area contributed by atoms with Crippen molar-refractivity contribution in [3.05, 3.63) is 48.5 Å². The average molecular weight is 330 g/mol. The molecule has 0 atom stereocenters. The second kappa shape index (κ2) is 10.9. The van der Waals surface area contributed by atoms with E-state index in [4.69, 9.17) is 10.2 Å². The monoisotopic (exact) mass is 330 g/mol. The lowest BCUT2D eigenvalue weighted by molar-refractivity contribution is -0.114. The molecular weight excluding hydrogens is 304 g/mol. The van der Waals surface area contributed by atoms with Gasteiger partial charge in [-0.25, -0.2) is 0 Å². The largest absolute Gasteiger partial charge is 0.508 e. The summed E-state index contributed by atoms with van der Waals surface area (Å²) in [6.45, 7) is 4.64. The number of aromatic hydroxyl groups is 2. The fourth-order valence-electron chi connectivity index (χ4n) is 1.94. The van der Waals surface area contributed by atoms with E-state index in [1.54, 1.807) is 24.3 Å². The quantitative estimate of drug-likeness (QED) is 0.469. The Morgan fingerprint density at radius 3 is 1.83 bits per heavy atom. The number of anilines is 2. The first-order valence-electron chi connectivity index (χ1n) is 8.10. The van der Waals surface area contributed by atoms with Gasteiger partial charge in [0.05, 0.1) is 0 Å². The number of unbranched alkanes of at least 4 members (excludes halogenated alkanes) is 2. The number of rotatable bonds is 6. The van der Waals surface area contributed by atoms with Gasteiger partial charge < -0.3 is 20.8 Å². The number of benzene rings is 2. The first-order chi connectivity index (χ1) is 11.5. The van der Waals surface area contributed by atoms with Crippen molar-refractivity contribution in [2.24, 2.45) is 0 Å². The van der Waals surface area contributed by atoms with E-state index in [9.17, 15) is 4.79 Å². The maximum absolute atomic E-state index is 10.5.